The second-order valence-electron chi connectivity index (χ2n) is 4.92. The Hall–Kier alpha value is -1.04. The van der Waals surface area contributed by atoms with Gasteiger partial charge in [-0.15, -0.1) is 0 Å². The molecule has 1 heterocycles. The van der Waals surface area contributed by atoms with E-state index < -0.39 is 12.6 Å². The molecule has 0 aliphatic heterocycles. The van der Waals surface area contributed by atoms with Crippen molar-refractivity contribution in [1.29, 1.82) is 0 Å². The lowest BCUT2D eigenvalue weighted by Gasteiger charge is -2.25. The molecular formula is C12H20F3N3. The molecule has 0 fully saturated rings. The van der Waals surface area contributed by atoms with E-state index in [9.17, 15) is 13.2 Å². The summed E-state index contributed by atoms with van der Waals surface area (Å²) in [7, 11) is 1.85. The van der Waals surface area contributed by atoms with Crippen molar-refractivity contribution >= 4 is 0 Å². The summed E-state index contributed by atoms with van der Waals surface area (Å²) in [6, 6.07) is 0. The Morgan fingerprint density at radius 3 is 2.50 bits per heavy atom. The summed E-state index contributed by atoms with van der Waals surface area (Å²) in [5.74, 6) is 0. The van der Waals surface area contributed by atoms with Gasteiger partial charge in [0.25, 0.3) is 0 Å². The van der Waals surface area contributed by atoms with Crippen LogP contribution in [0.2, 0.25) is 0 Å². The first-order valence-corrected chi connectivity index (χ1v) is 6.02. The standard InChI is InChI=1S/C12H20F3N3/c1-11(2,16-3)10-8-17-9-18(10)7-5-4-6-12(13,14)15/h8-9,16H,4-7H2,1-3H3. The van der Waals surface area contributed by atoms with Crippen LogP contribution in [0, 0.1) is 0 Å². The molecule has 0 bridgehead atoms. The first kappa shape index (κ1) is 15.0. The number of halogens is 3. The third kappa shape index (κ3) is 4.33. The summed E-state index contributed by atoms with van der Waals surface area (Å²) in [6.45, 7) is 4.59. The van der Waals surface area contributed by atoms with Gasteiger partial charge < -0.3 is 9.88 Å². The van der Waals surface area contributed by atoms with Crippen molar-refractivity contribution < 1.29 is 13.2 Å². The molecule has 3 nitrogen and oxygen atoms in total. The number of hydrogen-bond donors (Lipinski definition) is 1. The molecule has 1 rings (SSSR count). The molecule has 104 valence electrons. The van der Waals surface area contributed by atoms with Crippen molar-refractivity contribution in [2.75, 3.05) is 7.05 Å². The lowest BCUT2D eigenvalue weighted by molar-refractivity contribution is -0.135. The fraction of sp³-hybridized carbons (Fsp3) is 0.750. The maximum absolute atomic E-state index is 12.0. The van der Waals surface area contributed by atoms with Gasteiger partial charge in [-0.25, -0.2) is 4.98 Å². The zero-order valence-electron chi connectivity index (χ0n) is 11.0. The molecular weight excluding hydrogens is 243 g/mol. The SMILES string of the molecule is CNC(C)(C)c1cncn1CCCCC(F)(F)F. The van der Waals surface area contributed by atoms with Crippen LogP contribution in [0.3, 0.4) is 0 Å². The van der Waals surface area contributed by atoms with Crippen LogP contribution >= 0.6 is 0 Å². The van der Waals surface area contributed by atoms with Gasteiger partial charge in [-0.3, -0.25) is 0 Å². The molecule has 6 heteroatoms. The number of nitrogens with one attached hydrogen (secondary N) is 1. The van der Waals surface area contributed by atoms with Gasteiger partial charge in [0, 0.05) is 19.2 Å². The molecule has 0 aliphatic carbocycles. The van der Waals surface area contributed by atoms with Crippen molar-refractivity contribution in [2.24, 2.45) is 0 Å². The summed E-state index contributed by atoms with van der Waals surface area (Å²) in [6.07, 6.45) is -0.694. The molecule has 0 atom stereocenters. The van der Waals surface area contributed by atoms with E-state index in [2.05, 4.69) is 10.3 Å². The van der Waals surface area contributed by atoms with Gasteiger partial charge in [-0.05, 0) is 33.7 Å². The highest BCUT2D eigenvalue weighted by molar-refractivity contribution is 5.10. The minimum Gasteiger partial charge on any atom is -0.333 e. The predicted molar refractivity (Wildman–Crippen MR) is 64.2 cm³/mol. The molecule has 1 N–H and O–H groups in total. The fourth-order valence-corrected chi connectivity index (χ4v) is 1.76. The van der Waals surface area contributed by atoms with Crippen molar-refractivity contribution in [3.05, 3.63) is 18.2 Å². The number of unbranched alkanes of at least 4 members (excludes halogenated alkanes) is 1. The lowest BCUT2D eigenvalue weighted by Crippen LogP contribution is -2.35. The highest BCUT2D eigenvalue weighted by Gasteiger charge is 2.26. The van der Waals surface area contributed by atoms with Crippen LogP contribution in [0.5, 0.6) is 0 Å². The highest BCUT2D eigenvalue weighted by atomic mass is 19.4. The van der Waals surface area contributed by atoms with E-state index in [-0.39, 0.29) is 12.0 Å². The van der Waals surface area contributed by atoms with Crippen LogP contribution in [0.15, 0.2) is 12.5 Å². The molecule has 0 aromatic carbocycles. The number of rotatable bonds is 6. The van der Waals surface area contributed by atoms with Crippen molar-refractivity contribution in [3.63, 3.8) is 0 Å². The van der Waals surface area contributed by atoms with Crippen LogP contribution in [0.4, 0.5) is 13.2 Å². The molecule has 0 saturated carbocycles. The Bertz CT molecular complexity index is 369. The van der Waals surface area contributed by atoms with E-state index >= 15 is 0 Å². The molecule has 0 unspecified atom stereocenters. The van der Waals surface area contributed by atoms with Crippen molar-refractivity contribution in [3.8, 4) is 0 Å². The Balaban J connectivity index is 2.51. The molecule has 0 radical (unpaired) electrons. The first-order valence-electron chi connectivity index (χ1n) is 6.02. The summed E-state index contributed by atoms with van der Waals surface area (Å²) >= 11 is 0. The van der Waals surface area contributed by atoms with Gasteiger partial charge in [-0.1, -0.05) is 0 Å². The number of alkyl halides is 3. The maximum atomic E-state index is 12.0. The average Bonchev–Trinajstić information content (AvgIpc) is 2.72. The smallest absolute Gasteiger partial charge is 0.333 e. The molecule has 1 aromatic rings. The van der Waals surface area contributed by atoms with Gasteiger partial charge >= 0.3 is 6.18 Å². The average molecular weight is 263 g/mol. The predicted octanol–water partition coefficient (Wildman–Crippen LogP) is 3.07. The second kappa shape index (κ2) is 5.73. The van der Waals surface area contributed by atoms with Gasteiger partial charge in [0.2, 0.25) is 0 Å². The largest absolute Gasteiger partial charge is 0.389 e. The third-order valence-electron chi connectivity index (χ3n) is 3.09. The van der Waals surface area contributed by atoms with Crippen LogP contribution in [0.1, 0.15) is 38.8 Å². The van der Waals surface area contributed by atoms with Crippen LogP contribution in [0.25, 0.3) is 0 Å². The van der Waals surface area contributed by atoms with Crippen molar-refractivity contribution in [1.82, 2.24) is 14.9 Å². The molecule has 0 aliphatic rings. The molecule has 18 heavy (non-hydrogen) atoms. The molecule has 0 spiro atoms. The zero-order chi connectivity index (χ0) is 13.8. The van der Waals surface area contributed by atoms with Gasteiger partial charge in [0.15, 0.2) is 0 Å². The Labute approximate surface area is 105 Å². The minimum atomic E-state index is -4.05. The normalized spacial score (nSPS) is 13.0. The number of aryl methyl sites for hydroxylation is 1. The fourth-order valence-electron chi connectivity index (χ4n) is 1.76. The second-order valence-corrected chi connectivity index (χ2v) is 4.92. The Morgan fingerprint density at radius 2 is 1.94 bits per heavy atom. The van der Waals surface area contributed by atoms with Gasteiger partial charge in [0.05, 0.1) is 17.6 Å². The number of imidazole rings is 1. The van der Waals surface area contributed by atoms with Crippen LogP contribution in [-0.4, -0.2) is 22.8 Å². The van der Waals surface area contributed by atoms with E-state index in [1.165, 1.54) is 0 Å². The molecule has 0 saturated heterocycles. The Morgan fingerprint density at radius 1 is 1.28 bits per heavy atom. The Kier molecular flexibility index (Phi) is 4.78. The van der Waals surface area contributed by atoms with Gasteiger partial charge in [-0.2, -0.15) is 13.2 Å². The minimum absolute atomic E-state index is 0.154. The number of nitrogens with zero attached hydrogens (tertiary/aromatic N) is 2. The number of aromatic nitrogens is 2. The van der Waals surface area contributed by atoms with E-state index in [4.69, 9.17) is 0 Å². The first-order chi connectivity index (χ1) is 8.26. The number of hydrogen-bond acceptors (Lipinski definition) is 2. The monoisotopic (exact) mass is 263 g/mol. The maximum Gasteiger partial charge on any atom is 0.389 e. The summed E-state index contributed by atoms with van der Waals surface area (Å²) < 4.78 is 38.0. The molecule has 1 aromatic heterocycles. The summed E-state index contributed by atoms with van der Waals surface area (Å²) in [4.78, 5) is 4.06. The van der Waals surface area contributed by atoms with E-state index in [0.29, 0.717) is 13.0 Å². The summed E-state index contributed by atoms with van der Waals surface area (Å²) in [5.41, 5.74) is 0.748. The van der Waals surface area contributed by atoms with E-state index in [1.807, 2.05) is 25.5 Å². The highest BCUT2D eigenvalue weighted by Crippen LogP contribution is 2.23. The summed E-state index contributed by atoms with van der Waals surface area (Å²) in [5, 5.41) is 3.16. The third-order valence-corrected chi connectivity index (χ3v) is 3.09. The topological polar surface area (TPSA) is 29.9 Å². The lowest BCUT2D eigenvalue weighted by atomic mass is 10.0. The molecule has 0 amide bonds. The quantitative estimate of drug-likeness (QED) is 0.799. The van der Waals surface area contributed by atoms with Gasteiger partial charge in [0.1, 0.15) is 0 Å². The zero-order valence-corrected chi connectivity index (χ0v) is 11.0. The van der Waals surface area contributed by atoms with E-state index in [0.717, 1.165) is 5.69 Å². The van der Waals surface area contributed by atoms with E-state index in [1.54, 1.807) is 12.5 Å². The van der Waals surface area contributed by atoms with Crippen LogP contribution < -0.4 is 5.32 Å². The van der Waals surface area contributed by atoms with Crippen molar-refractivity contribution in [2.45, 2.75) is 51.4 Å². The van der Waals surface area contributed by atoms with Crippen LogP contribution in [-0.2, 0) is 12.1 Å².